The quantitative estimate of drug-likeness (QED) is 0.814. The van der Waals surface area contributed by atoms with E-state index < -0.39 is 0 Å². The predicted octanol–water partition coefficient (Wildman–Crippen LogP) is 3.75. The molecule has 1 saturated heterocycles. The van der Waals surface area contributed by atoms with Crippen LogP contribution in [0.25, 0.3) is 0 Å². The van der Waals surface area contributed by atoms with E-state index in [0.29, 0.717) is 28.3 Å². The molecule has 0 aliphatic carbocycles. The van der Waals surface area contributed by atoms with Gasteiger partial charge in [-0.05, 0) is 56.5 Å². The van der Waals surface area contributed by atoms with E-state index in [9.17, 15) is 9.59 Å². The van der Waals surface area contributed by atoms with Crippen LogP contribution in [0.1, 0.15) is 46.9 Å². The zero-order chi connectivity index (χ0) is 21.3. The van der Waals surface area contributed by atoms with Crippen molar-refractivity contribution in [1.82, 2.24) is 4.90 Å². The number of carbonyl (C=O) groups excluding carboxylic acids is 2. The minimum Gasteiger partial charge on any atom is -0.497 e. The lowest BCUT2D eigenvalue weighted by atomic mass is 9.97. The molecule has 2 aliphatic heterocycles. The third-order valence-corrected chi connectivity index (χ3v) is 5.89. The van der Waals surface area contributed by atoms with E-state index in [1.807, 2.05) is 11.0 Å². The largest absolute Gasteiger partial charge is 0.497 e. The molecule has 1 fully saturated rings. The molecule has 2 aliphatic rings. The lowest BCUT2D eigenvalue weighted by molar-refractivity contribution is 0.0582. The summed E-state index contributed by atoms with van der Waals surface area (Å²) in [5.41, 5.74) is 2.55. The first kappa shape index (κ1) is 20.1. The van der Waals surface area contributed by atoms with Crippen LogP contribution in [0, 0.1) is 0 Å². The number of carbonyl (C=O) groups is 2. The van der Waals surface area contributed by atoms with Gasteiger partial charge < -0.3 is 24.6 Å². The number of fused-ring (bicyclic) bond motifs is 2. The molecule has 1 N–H and O–H groups in total. The van der Waals surface area contributed by atoms with Gasteiger partial charge in [-0.3, -0.25) is 9.59 Å². The van der Waals surface area contributed by atoms with Gasteiger partial charge in [-0.1, -0.05) is 0 Å². The first-order valence-corrected chi connectivity index (χ1v) is 10.3. The van der Waals surface area contributed by atoms with Crippen LogP contribution in [-0.4, -0.2) is 50.2 Å². The number of ether oxygens (including phenoxy) is 2. The van der Waals surface area contributed by atoms with Crippen LogP contribution in [0.5, 0.6) is 11.5 Å². The standard InChI is InChI=1S/C23H27N3O4/c1-4-25-19-13-15(8-10-17(19)23(28)26-12-6-5-7-21(25)26)22(27)24-18-11-9-16(29-2)14-20(18)30-3/h8-11,13-14,21H,4-7,12H2,1-3H3,(H,24,27). The Kier molecular flexibility index (Phi) is 5.53. The number of anilines is 2. The maximum Gasteiger partial charge on any atom is 0.257 e. The van der Waals surface area contributed by atoms with Gasteiger partial charge in [0.25, 0.3) is 11.8 Å². The zero-order valence-electron chi connectivity index (χ0n) is 17.6. The normalized spacial score (nSPS) is 17.8. The molecule has 0 spiro atoms. The second-order valence-electron chi connectivity index (χ2n) is 7.51. The summed E-state index contributed by atoms with van der Waals surface area (Å²) in [6, 6.07) is 10.5. The van der Waals surface area contributed by atoms with Gasteiger partial charge in [0, 0.05) is 24.7 Å². The van der Waals surface area contributed by atoms with Gasteiger partial charge in [-0.2, -0.15) is 0 Å². The average molecular weight is 409 g/mol. The minimum atomic E-state index is -0.254. The van der Waals surface area contributed by atoms with Crippen molar-refractivity contribution >= 4 is 23.2 Å². The molecular formula is C23H27N3O4. The first-order chi connectivity index (χ1) is 14.6. The topological polar surface area (TPSA) is 71.1 Å². The Labute approximate surface area is 176 Å². The van der Waals surface area contributed by atoms with Crippen LogP contribution < -0.4 is 19.7 Å². The van der Waals surface area contributed by atoms with Crippen molar-refractivity contribution in [3.63, 3.8) is 0 Å². The molecule has 2 amide bonds. The van der Waals surface area contributed by atoms with Crippen LogP contribution in [0.15, 0.2) is 36.4 Å². The zero-order valence-corrected chi connectivity index (χ0v) is 17.6. The number of hydrogen-bond acceptors (Lipinski definition) is 5. The fraction of sp³-hybridized carbons (Fsp3) is 0.391. The van der Waals surface area contributed by atoms with Gasteiger partial charge in [0.2, 0.25) is 0 Å². The van der Waals surface area contributed by atoms with E-state index in [-0.39, 0.29) is 18.0 Å². The van der Waals surface area contributed by atoms with Crippen LogP contribution in [0.2, 0.25) is 0 Å². The molecular weight excluding hydrogens is 382 g/mol. The molecule has 0 radical (unpaired) electrons. The fourth-order valence-electron chi connectivity index (χ4n) is 4.36. The number of nitrogens with zero attached hydrogens (tertiary/aromatic N) is 2. The van der Waals surface area contributed by atoms with Crippen LogP contribution in [0.3, 0.4) is 0 Å². The maximum atomic E-state index is 13.0. The molecule has 2 heterocycles. The molecule has 4 rings (SSSR count). The van der Waals surface area contributed by atoms with Crippen molar-refractivity contribution < 1.29 is 19.1 Å². The van der Waals surface area contributed by atoms with E-state index >= 15 is 0 Å². The Hall–Kier alpha value is -3.22. The Morgan fingerprint density at radius 2 is 1.97 bits per heavy atom. The molecule has 158 valence electrons. The third kappa shape index (κ3) is 3.44. The molecule has 1 unspecified atom stereocenters. The second-order valence-corrected chi connectivity index (χ2v) is 7.51. The molecule has 2 aromatic rings. The summed E-state index contributed by atoms with van der Waals surface area (Å²) in [6.45, 7) is 3.65. The minimum absolute atomic E-state index is 0.0585. The second kappa shape index (κ2) is 8.26. The highest BCUT2D eigenvalue weighted by atomic mass is 16.5. The number of benzene rings is 2. The highest BCUT2D eigenvalue weighted by Gasteiger charge is 2.38. The van der Waals surface area contributed by atoms with Crippen molar-refractivity contribution in [3.05, 3.63) is 47.5 Å². The highest BCUT2D eigenvalue weighted by Crippen LogP contribution is 2.36. The van der Waals surface area contributed by atoms with Crippen molar-refractivity contribution in [2.75, 3.05) is 37.5 Å². The van der Waals surface area contributed by atoms with Gasteiger partial charge in [-0.15, -0.1) is 0 Å². The number of piperidine rings is 1. The van der Waals surface area contributed by atoms with Crippen molar-refractivity contribution in [2.45, 2.75) is 32.4 Å². The smallest absolute Gasteiger partial charge is 0.257 e. The summed E-state index contributed by atoms with van der Waals surface area (Å²) in [5.74, 6) is 0.968. The lowest BCUT2D eigenvalue weighted by Gasteiger charge is -2.47. The number of hydrogen-bond donors (Lipinski definition) is 1. The number of nitrogens with one attached hydrogen (secondary N) is 1. The highest BCUT2D eigenvalue weighted by molar-refractivity contribution is 6.08. The van der Waals surface area contributed by atoms with Crippen molar-refractivity contribution in [2.24, 2.45) is 0 Å². The van der Waals surface area contributed by atoms with Crippen LogP contribution in [0.4, 0.5) is 11.4 Å². The van der Waals surface area contributed by atoms with E-state index in [1.54, 1.807) is 44.6 Å². The van der Waals surface area contributed by atoms with Crippen LogP contribution in [-0.2, 0) is 0 Å². The number of methoxy groups -OCH3 is 2. The third-order valence-electron chi connectivity index (χ3n) is 5.89. The summed E-state index contributed by atoms with van der Waals surface area (Å²) in [7, 11) is 3.12. The van der Waals surface area contributed by atoms with Crippen molar-refractivity contribution in [1.29, 1.82) is 0 Å². The molecule has 0 aromatic heterocycles. The molecule has 7 nitrogen and oxygen atoms in total. The summed E-state index contributed by atoms with van der Waals surface area (Å²) in [5, 5.41) is 2.90. The molecule has 2 aromatic carbocycles. The maximum absolute atomic E-state index is 13.0. The average Bonchev–Trinajstić information content (AvgIpc) is 2.79. The van der Waals surface area contributed by atoms with E-state index in [0.717, 1.165) is 38.0 Å². The van der Waals surface area contributed by atoms with Gasteiger partial charge >= 0.3 is 0 Å². The Morgan fingerprint density at radius 3 is 2.70 bits per heavy atom. The Bertz CT molecular complexity index is 975. The first-order valence-electron chi connectivity index (χ1n) is 10.3. The number of amides is 2. The van der Waals surface area contributed by atoms with E-state index in [2.05, 4.69) is 17.1 Å². The lowest BCUT2D eigenvalue weighted by Crippen LogP contribution is -2.57. The summed E-state index contributed by atoms with van der Waals surface area (Å²) in [4.78, 5) is 30.2. The molecule has 0 bridgehead atoms. The predicted molar refractivity (Wildman–Crippen MR) is 116 cm³/mol. The van der Waals surface area contributed by atoms with Gasteiger partial charge in [0.05, 0.1) is 31.2 Å². The Balaban J connectivity index is 1.64. The van der Waals surface area contributed by atoms with E-state index in [1.165, 1.54) is 0 Å². The van der Waals surface area contributed by atoms with Gasteiger partial charge in [0.15, 0.2) is 0 Å². The Morgan fingerprint density at radius 1 is 1.13 bits per heavy atom. The fourth-order valence-corrected chi connectivity index (χ4v) is 4.36. The summed E-state index contributed by atoms with van der Waals surface area (Å²) < 4.78 is 10.6. The summed E-state index contributed by atoms with van der Waals surface area (Å²) in [6.07, 6.45) is 3.18. The van der Waals surface area contributed by atoms with Gasteiger partial charge in [0.1, 0.15) is 17.7 Å². The van der Waals surface area contributed by atoms with Crippen molar-refractivity contribution in [3.8, 4) is 11.5 Å². The van der Waals surface area contributed by atoms with E-state index in [4.69, 9.17) is 9.47 Å². The monoisotopic (exact) mass is 409 g/mol. The SMILES string of the molecule is CCN1c2cc(C(=O)Nc3ccc(OC)cc3OC)ccc2C(=O)N2CCCCC21. The molecule has 0 saturated carbocycles. The number of rotatable bonds is 5. The molecule has 7 heteroatoms. The molecule has 30 heavy (non-hydrogen) atoms. The molecule has 1 atom stereocenters. The van der Waals surface area contributed by atoms with Gasteiger partial charge in [-0.25, -0.2) is 0 Å². The van der Waals surface area contributed by atoms with Crippen LogP contribution >= 0.6 is 0 Å². The summed E-state index contributed by atoms with van der Waals surface area (Å²) >= 11 is 0.